The van der Waals surface area contributed by atoms with E-state index in [4.69, 9.17) is 0 Å². The van der Waals surface area contributed by atoms with E-state index >= 15 is 0 Å². The van der Waals surface area contributed by atoms with Crippen molar-refractivity contribution >= 4 is 5.78 Å². The van der Waals surface area contributed by atoms with Crippen LogP contribution in [0, 0.1) is 0 Å². The topological polar surface area (TPSA) is 17.1 Å². The summed E-state index contributed by atoms with van der Waals surface area (Å²) in [6.07, 6.45) is 4.93. The predicted octanol–water partition coefficient (Wildman–Crippen LogP) is 4.50. The number of hydrogen-bond acceptors (Lipinski definition) is 1. The standard InChI is InChI=1S/C16H22O/c1-4-9-14(5-2)16(12-13(3)17)15-10-7-6-8-11-15/h6-11,16H,4-5,12H2,1-3H3/b14-9+. The van der Waals surface area contributed by atoms with E-state index < -0.39 is 0 Å². The second-order valence-electron chi connectivity index (χ2n) is 4.41. The molecular weight excluding hydrogens is 208 g/mol. The minimum absolute atomic E-state index is 0.259. The van der Waals surface area contributed by atoms with Gasteiger partial charge in [-0.3, -0.25) is 4.79 Å². The second-order valence-corrected chi connectivity index (χ2v) is 4.41. The van der Waals surface area contributed by atoms with Gasteiger partial charge in [-0.15, -0.1) is 0 Å². The lowest BCUT2D eigenvalue weighted by atomic mass is 9.85. The SMILES string of the molecule is CC/C=C(\CC)C(CC(C)=O)c1ccccc1. The Morgan fingerprint density at radius 3 is 2.35 bits per heavy atom. The number of carbonyl (C=O) groups is 1. The number of carbonyl (C=O) groups excluding carboxylic acids is 1. The lowest BCUT2D eigenvalue weighted by Gasteiger charge is -2.19. The normalized spacial score (nSPS) is 13.5. The van der Waals surface area contributed by atoms with Crippen LogP contribution in [-0.2, 0) is 4.79 Å². The molecular formula is C16H22O. The van der Waals surface area contributed by atoms with Crippen molar-refractivity contribution in [3.63, 3.8) is 0 Å². The summed E-state index contributed by atoms with van der Waals surface area (Å²) in [5.41, 5.74) is 2.64. The van der Waals surface area contributed by atoms with Gasteiger partial charge in [-0.05, 0) is 25.3 Å². The Kier molecular flexibility index (Phi) is 5.68. The van der Waals surface area contributed by atoms with Crippen LogP contribution in [0.1, 0.15) is 51.5 Å². The molecule has 0 saturated carbocycles. The van der Waals surface area contributed by atoms with Crippen molar-refractivity contribution in [2.24, 2.45) is 0 Å². The van der Waals surface area contributed by atoms with E-state index in [1.54, 1.807) is 6.92 Å². The van der Waals surface area contributed by atoms with Crippen LogP contribution in [0.2, 0.25) is 0 Å². The molecule has 0 saturated heterocycles. The highest BCUT2D eigenvalue weighted by Crippen LogP contribution is 2.30. The zero-order valence-electron chi connectivity index (χ0n) is 11.1. The van der Waals surface area contributed by atoms with Crippen LogP contribution in [-0.4, -0.2) is 5.78 Å². The molecule has 0 spiro atoms. The van der Waals surface area contributed by atoms with Crippen LogP contribution in [0.25, 0.3) is 0 Å². The molecule has 1 unspecified atom stereocenters. The molecule has 0 aliphatic rings. The van der Waals surface area contributed by atoms with Gasteiger partial charge in [0.15, 0.2) is 0 Å². The first-order chi connectivity index (χ1) is 8.19. The number of benzene rings is 1. The van der Waals surface area contributed by atoms with Crippen molar-refractivity contribution in [3.05, 3.63) is 47.5 Å². The molecule has 0 aliphatic carbocycles. The van der Waals surface area contributed by atoms with Gasteiger partial charge in [0.05, 0.1) is 0 Å². The van der Waals surface area contributed by atoms with E-state index in [0.717, 1.165) is 12.8 Å². The van der Waals surface area contributed by atoms with Gasteiger partial charge in [-0.25, -0.2) is 0 Å². The summed E-state index contributed by atoms with van der Waals surface area (Å²) < 4.78 is 0. The monoisotopic (exact) mass is 230 g/mol. The van der Waals surface area contributed by atoms with Crippen LogP contribution in [0.5, 0.6) is 0 Å². The maximum Gasteiger partial charge on any atom is 0.130 e. The zero-order valence-corrected chi connectivity index (χ0v) is 11.1. The summed E-state index contributed by atoms with van der Waals surface area (Å²) in [6, 6.07) is 10.3. The average molecular weight is 230 g/mol. The third kappa shape index (κ3) is 4.18. The molecule has 1 heteroatoms. The fourth-order valence-electron chi connectivity index (χ4n) is 2.23. The smallest absolute Gasteiger partial charge is 0.130 e. The molecule has 1 atom stereocenters. The van der Waals surface area contributed by atoms with Crippen LogP contribution in [0.4, 0.5) is 0 Å². The minimum atomic E-state index is 0.259. The van der Waals surface area contributed by atoms with Gasteiger partial charge in [0.2, 0.25) is 0 Å². The van der Waals surface area contributed by atoms with Gasteiger partial charge in [0.1, 0.15) is 5.78 Å². The molecule has 1 rings (SSSR count). The van der Waals surface area contributed by atoms with E-state index in [0.29, 0.717) is 6.42 Å². The van der Waals surface area contributed by atoms with Crippen molar-refractivity contribution in [1.82, 2.24) is 0 Å². The average Bonchev–Trinajstić information content (AvgIpc) is 2.34. The molecule has 0 aliphatic heterocycles. The van der Waals surface area contributed by atoms with Gasteiger partial charge in [0, 0.05) is 12.3 Å². The van der Waals surface area contributed by atoms with Gasteiger partial charge >= 0.3 is 0 Å². The lowest BCUT2D eigenvalue weighted by Crippen LogP contribution is -2.07. The summed E-state index contributed by atoms with van der Waals surface area (Å²) in [7, 11) is 0. The summed E-state index contributed by atoms with van der Waals surface area (Å²) in [5.74, 6) is 0.521. The third-order valence-electron chi connectivity index (χ3n) is 3.02. The number of rotatable bonds is 6. The zero-order chi connectivity index (χ0) is 12.7. The highest BCUT2D eigenvalue weighted by Gasteiger charge is 2.16. The quantitative estimate of drug-likeness (QED) is 0.658. The lowest BCUT2D eigenvalue weighted by molar-refractivity contribution is -0.117. The molecule has 0 amide bonds. The summed E-state index contributed by atoms with van der Waals surface area (Å²) in [4.78, 5) is 11.4. The second kappa shape index (κ2) is 7.05. The van der Waals surface area contributed by atoms with Crippen LogP contribution >= 0.6 is 0 Å². The maximum absolute atomic E-state index is 11.4. The van der Waals surface area contributed by atoms with E-state index in [2.05, 4.69) is 32.1 Å². The van der Waals surface area contributed by atoms with Crippen molar-refractivity contribution in [2.75, 3.05) is 0 Å². The summed E-state index contributed by atoms with van der Waals surface area (Å²) in [5, 5.41) is 0. The number of allylic oxidation sites excluding steroid dienone is 2. The first-order valence-electron chi connectivity index (χ1n) is 6.42. The molecule has 1 nitrogen and oxygen atoms in total. The Hall–Kier alpha value is -1.37. The first kappa shape index (κ1) is 13.7. The molecule has 0 N–H and O–H groups in total. The Bertz CT molecular complexity index is 376. The molecule has 0 heterocycles. The van der Waals surface area contributed by atoms with Crippen LogP contribution in [0.3, 0.4) is 0 Å². The Labute approximate surface area is 105 Å². The Balaban J connectivity index is 3.03. The van der Waals surface area contributed by atoms with E-state index in [-0.39, 0.29) is 11.7 Å². The molecule has 0 aromatic heterocycles. The van der Waals surface area contributed by atoms with Crippen molar-refractivity contribution in [2.45, 2.75) is 46.0 Å². The maximum atomic E-state index is 11.4. The van der Waals surface area contributed by atoms with Crippen molar-refractivity contribution in [1.29, 1.82) is 0 Å². The summed E-state index contributed by atoms with van der Waals surface area (Å²) >= 11 is 0. The fourth-order valence-corrected chi connectivity index (χ4v) is 2.23. The Morgan fingerprint density at radius 2 is 1.88 bits per heavy atom. The highest BCUT2D eigenvalue weighted by molar-refractivity contribution is 5.77. The van der Waals surface area contributed by atoms with Crippen molar-refractivity contribution < 1.29 is 4.79 Å². The fraction of sp³-hybridized carbons (Fsp3) is 0.438. The van der Waals surface area contributed by atoms with Crippen LogP contribution < -0.4 is 0 Å². The van der Waals surface area contributed by atoms with Gasteiger partial charge in [-0.1, -0.05) is 55.8 Å². The molecule has 1 aromatic carbocycles. The highest BCUT2D eigenvalue weighted by atomic mass is 16.1. The first-order valence-corrected chi connectivity index (χ1v) is 6.42. The third-order valence-corrected chi connectivity index (χ3v) is 3.02. The van der Waals surface area contributed by atoms with Gasteiger partial charge < -0.3 is 0 Å². The van der Waals surface area contributed by atoms with Gasteiger partial charge in [0.25, 0.3) is 0 Å². The van der Waals surface area contributed by atoms with E-state index in [1.807, 2.05) is 18.2 Å². The molecule has 0 bridgehead atoms. The van der Waals surface area contributed by atoms with E-state index in [1.165, 1.54) is 11.1 Å². The molecule has 0 fully saturated rings. The minimum Gasteiger partial charge on any atom is -0.300 e. The largest absolute Gasteiger partial charge is 0.300 e. The van der Waals surface area contributed by atoms with Crippen molar-refractivity contribution in [3.8, 4) is 0 Å². The van der Waals surface area contributed by atoms with E-state index in [9.17, 15) is 4.79 Å². The molecule has 92 valence electrons. The summed E-state index contributed by atoms with van der Waals surface area (Å²) in [6.45, 7) is 5.98. The molecule has 17 heavy (non-hydrogen) atoms. The number of Topliss-reactive ketones (excluding diaryl/α,β-unsaturated/α-hetero) is 1. The number of ketones is 1. The number of hydrogen-bond donors (Lipinski definition) is 0. The Morgan fingerprint density at radius 1 is 1.24 bits per heavy atom. The predicted molar refractivity (Wildman–Crippen MR) is 73.1 cm³/mol. The van der Waals surface area contributed by atoms with Crippen LogP contribution in [0.15, 0.2) is 42.0 Å². The molecule has 0 radical (unpaired) electrons. The van der Waals surface area contributed by atoms with Gasteiger partial charge in [-0.2, -0.15) is 0 Å². The molecule has 1 aromatic rings.